The van der Waals surface area contributed by atoms with Gasteiger partial charge in [-0.2, -0.15) is 0 Å². The fourth-order valence-electron chi connectivity index (χ4n) is 2.65. The van der Waals surface area contributed by atoms with Crippen molar-refractivity contribution in [3.05, 3.63) is 23.8 Å². The van der Waals surface area contributed by atoms with Crippen LogP contribution in [0.3, 0.4) is 0 Å². The van der Waals surface area contributed by atoms with Gasteiger partial charge in [-0.1, -0.05) is 19.9 Å². The van der Waals surface area contributed by atoms with Crippen LogP contribution >= 0.6 is 0 Å². The first-order valence-corrected chi connectivity index (χ1v) is 6.44. The van der Waals surface area contributed by atoms with Crippen molar-refractivity contribution in [2.75, 3.05) is 23.7 Å². The summed E-state index contributed by atoms with van der Waals surface area (Å²) in [5.41, 5.74) is 13.4. The average molecular weight is 247 g/mol. The number of benzene rings is 1. The van der Waals surface area contributed by atoms with Gasteiger partial charge >= 0.3 is 0 Å². The number of anilines is 2. The molecule has 4 heteroatoms. The fraction of sp³-hybridized carbons (Fsp3) is 0.500. The minimum atomic E-state index is -0.412. The number of carbonyl (C=O) groups excluding carboxylic acids is 1. The minimum Gasteiger partial charge on any atom is -0.397 e. The number of nitrogens with zero attached hydrogens (tertiary/aromatic N) is 1. The Bertz CT molecular complexity index is 456. The fourth-order valence-corrected chi connectivity index (χ4v) is 2.65. The second-order valence-electron chi connectivity index (χ2n) is 5.35. The second kappa shape index (κ2) is 4.88. The molecule has 0 bridgehead atoms. The predicted octanol–water partition coefficient (Wildman–Crippen LogP) is 1.85. The first-order valence-electron chi connectivity index (χ1n) is 6.44. The average Bonchev–Trinajstić information content (AvgIpc) is 2.77. The molecule has 0 saturated carbocycles. The van der Waals surface area contributed by atoms with Crippen LogP contribution in [0.5, 0.6) is 0 Å². The molecule has 1 aromatic rings. The molecule has 0 radical (unpaired) electrons. The molecule has 4 N–H and O–H groups in total. The molecule has 0 spiro atoms. The lowest BCUT2D eigenvalue weighted by Gasteiger charge is -2.23. The van der Waals surface area contributed by atoms with Crippen LogP contribution in [0.1, 0.15) is 30.6 Å². The molecule has 18 heavy (non-hydrogen) atoms. The molecule has 1 fully saturated rings. The standard InChI is InChI=1S/C14H21N3O/c1-9(2)10-6-7-17(8-10)13-11(14(16)18)4-3-5-12(13)15/h3-5,9-10H,6-8,15H2,1-2H3,(H2,16,18). The molecule has 1 unspecified atom stereocenters. The summed E-state index contributed by atoms with van der Waals surface area (Å²) in [6, 6.07) is 5.34. The molecule has 1 aliphatic rings. The van der Waals surface area contributed by atoms with Crippen LogP contribution in [-0.4, -0.2) is 19.0 Å². The van der Waals surface area contributed by atoms with Crippen molar-refractivity contribution in [1.29, 1.82) is 0 Å². The van der Waals surface area contributed by atoms with Gasteiger partial charge in [0.1, 0.15) is 0 Å². The lowest BCUT2D eigenvalue weighted by Crippen LogP contribution is -2.26. The Balaban J connectivity index is 2.32. The van der Waals surface area contributed by atoms with Gasteiger partial charge < -0.3 is 16.4 Å². The van der Waals surface area contributed by atoms with E-state index >= 15 is 0 Å². The second-order valence-corrected chi connectivity index (χ2v) is 5.35. The molecular weight excluding hydrogens is 226 g/mol. The molecule has 1 aromatic carbocycles. The van der Waals surface area contributed by atoms with Crippen LogP contribution in [0.2, 0.25) is 0 Å². The molecule has 1 amide bonds. The van der Waals surface area contributed by atoms with E-state index in [0.29, 0.717) is 23.1 Å². The predicted molar refractivity (Wildman–Crippen MR) is 74.5 cm³/mol. The van der Waals surface area contributed by atoms with Crippen molar-refractivity contribution < 1.29 is 4.79 Å². The maximum absolute atomic E-state index is 11.5. The molecule has 0 aromatic heterocycles. The van der Waals surface area contributed by atoms with E-state index in [2.05, 4.69) is 18.7 Å². The highest BCUT2D eigenvalue weighted by molar-refractivity contribution is 6.01. The number of nitrogens with two attached hydrogens (primary N) is 2. The van der Waals surface area contributed by atoms with E-state index in [9.17, 15) is 4.79 Å². The Morgan fingerprint density at radius 3 is 2.72 bits per heavy atom. The monoisotopic (exact) mass is 247 g/mol. The van der Waals surface area contributed by atoms with Gasteiger partial charge in [-0.25, -0.2) is 0 Å². The topological polar surface area (TPSA) is 72.3 Å². The van der Waals surface area contributed by atoms with E-state index in [-0.39, 0.29) is 0 Å². The first-order chi connectivity index (χ1) is 8.50. The summed E-state index contributed by atoms with van der Waals surface area (Å²) in [7, 11) is 0. The van der Waals surface area contributed by atoms with Crippen LogP contribution in [-0.2, 0) is 0 Å². The van der Waals surface area contributed by atoms with Gasteiger partial charge in [0, 0.05) is 13.1 Å². The minimum absolute atomic E-state index is 0.412. The molecule has 1 saturated heterocycles. The molecule has 1 atom stereocenters. The van der Waals surface area contributed by atoms with E-state index in [0.717, 1.165) is 25.2 Å². The van der Waals surface area contributed by atoms with Gasteiger partial charge in [-0.15, -0.1) is 0 Å². The lowest BCUT2D eigenvalue weighted by atomic mass is 9.95. The number of nitrogen functional groups attached to an aromatic ring is 1. The lowest BCUT2D eigenvalue weighted by molar-refractivity contribution is 0.100. The van der Waals surface area contributed by atoms with Crippen LogP contribution in [0, 0.1) is 11.8 Å². The van der Waals surface area contributed by atoms with Crippen molar-refractivity contribution >= 4 is 17.3 Å². The Kier molecular flexibility index (Phi) is 3.45. The SMILES string of the molecule is CC(C)C1CCN(c2c(N)cccc2C(N)=O)C1. The Morgan fingerprint density at radius 2 is 2.17 bits per heavy atom. The van der Waals surface area contributed by atoms with Gasteiger partial charge in [-0.05, 0) is 30.4 Å². The van der Waals surface area contributed by atoms with Crippen molar-refractivity contribution in [2.24, 2.45) is 17.6 Å². The highest BCUT2D eigenvalue weighted by Crippen LogP contribution is 2.34. The molecule has 1 heterocycles. The Labute approximate surface area is 108 Å². The summed E-state index contributed by atoms with van der Waals surface area (Å²) < 4.78 is 0. The Morgan fingerprint density at radius 1 is 1.44 bits per heavy atom. The molecular formula is C14H21N3O. The molecule has 2 rings (SSSR count). The number of rotatable bonds is 3. The van der Waals surface area contributed by atoms with Crippen molar-refractivity contribution in [3.8, 4) is 0 Å². The zero-order valence-electron chi connectivity index (χ0n) is 11.0. The third-order valence-electron chi connectivity index (χ3n) is 3.82. The largest absolute Gasteiger partial charge is 0.397 e. The highest BCUT2D eigenvalue weighted by atomic mass is 16.1. The van der Waals surface area contributed by atoms with E-state index < -0.39 is 5.91 Å². The molecule has 4 nitrogen and oxygen atoms in total. The van der Waals surface area contributed by atoms with Crippen molar-refractivity contribution in [1.82, 2.24) is 0 Å². The normalized spacial score (nSPS) is 19.5. The number of para-hydroxylation sites is 1. The quantitative estimate of drug-likeness (QED) is 0.801. The highest BCUT2D eigenvalue weighted by Gasteiger charge is 2.28. The van der Waals surface area contributed by atoms with Gasteiger partial charge in [-0.3, -0.25) is 4.79 Å². The number of amides is 1. The summed E-state index contributed by atoms with van der Waals surface area (Å²) in [6.07, 6.45) is 1.14. The van der Waals surface area contributed by atoms with Crippen LogP contribution in [0.15, 0.2) is 18.2 Å². The van der Waals surface area contributed by atoms with E-state index in [1.807, 2.05) is 6.07 Å². The smallest absolute Gasteiger partial charge is 0.250 e. The van der Waals surface area contributed by atoms with Gasteiger partial charge in [0.05, 0.1) is 16.9 Å². The van der Waals surface area contributed by atoms with E-state index in [4.69, 9.17) is 11.5 Å². The maximum atomic E-state index is 11.5. The zero-order valence-corrected chi connectivity index (χ0v) is 11.0. The molecule has 0 aliphatic carbocycles. The van der Waals surface area contributed by atoms with Gasteiger partial charge in [0.15, 0.2) is 0 Å². The summed E-state index contributed by atoms with van der Waals surface area (Å²) in [5, 5.41) is 0. The maximum Gasteiger partial charge on any atom is 0.250 e. The van der Waals surface area contributed by atoms with Gasteiger partial charge in [0.2, 0.25) is 0 Å². The number of hydrogen-bond donors (Lipinski definition) is 2. The zero-order chi connectivity index (χ0) is 13.3. The van der Waals surface area contributed by atoms with Crippen molar-refractivity contribution in [3.63, 3.8) is 0 Å². The third-order valence-corrected chi connectivity index (χ3v) is 3.82. The number of primary amides is 1. The summed E-state index contributed by atoms with van der Waals surface area (Å²) >= 11 is 0. The van der Waals surface area contributed by atoms with Crippen molar-refractivity contribution in [2.45, 2.75) is 20.3 Å². The van der Waals surface area contributed by atoms with Crippen LogP contribution in [0.25, 0.3) is 0 Å². The van der Waals surface area contributed by atoms with E-state index in [1.54, 1.807) is 12.1 Å². The molecule has 98 valence electrons. The third kappa shape index (κ3) is 2.28. The Hall–Kier alpha value is -1.71. The van der Waals surface area contributed by atoms with Gasteiger partial charge in [0.25, 0.3) is 5.91 Å². The summed E-state index contributed by atoms with van der Waals surface area (Å²) in [5.74, 6) is 0.896. The van der Waals surface area contributed by atoms with Crippen LogP contribution < -0.4 is 16.4 Å². The first kappa shape index (κ1) is 12.7. The number of carbonyl (C=O) groups is 1. The summed E-state index contributed by atoms with van der Waals surface area (Å²) in [6.45, 7) is 6.36. The number of hydrogen-bond acceptors (Lipinski definition) is 3. The van der Waals surface area contributed by atoms with E-state index in [1.165, 1.54) is 0 Å². The molecule has 1 aliphatic heterocycles. The van der Waals surface area contributed by atoms with Crippen LogP contribution in [0.4, 0.5) is 11.4 Å². The summed E-state index contributed by atoms with van der Waals surface area (Å²) in [4.78, 5) is 13.7.